The molecule has 0 unspecified atom stereocenters. The van der Waals surface area contributed by atoms with E-state index in [1.54, 1.807) is 12.1 Å². The van der Waals surface area contributed by atoms with Crippen LogP contribution in [-0.4, -0.2) is 9.55 Å². The summed E-state index contributed by atoms with van der Waals surface area (Å²) < 4.78 is 23.1. The van der Waals surface area contributed by atoms with Crippen LogP contribution in [0.1, 0.15) is 84.6 Å². The van der Waals surface area contributed by atoms with Crippen LogP contribution in [-0.2, 0) is 43.9 Å². The van der Waals surface area contributed by atoms with Crippen molar-refractivity contribution in [3.63, 3.8) is 0 Å². The summed E-state index contributed by atoms with van der Waals surface area (Å²) in [7, 11) is 0. The molecule has 7 heteroatoms. The number of rotatable bonds is 6. The van der Waals surface area contributed by atoms with Crippen molar-refractivity contribution in [1.82, 2.24) is 9.55 Å². The molecule has 56 heavy (non-hydrogen) atoms. The van der Waals surface area contributed by atoms with Gasteiger partial charge in [0, 0.05) is 62.2 Å². The van der Waals surface area contributed by atoms with Crippen LogP contribution in [0.15, 0.2) is 109 Å². The van der Waals surface area contributed by atoms with E-state index in [-0.39, 0.29) is 43.1 Å². The van der Waals surface area contributed by atoms with Gasteiger partial charge in [-0.3, -0.25) is 0 Å². The molecule has 5 nitrogen and oxygen atoms in total. The molecule has 2 aromatic heterocycles. The van der Waals surface area contributed by atoms with Crippen molar-refractivity contribution in [3.05, 3.63) is 156 Å². The second-order valence-electron chi connectivity index (χ2n) is 17.8. The van der Waals surface area contributed by atoms with Crippen molar-refractivity contribution in [3.8, 4) is 17.3 Å². The Balaban J connectivity index is 0.00000480. The van der Waals surface area contributed by atoms with Gasteiger partial charge in [-0.2, -0.15) is 18.8 Å². The van der Waals surface area contributed by atoms with E-state index < -0.39 is 0 Å². The predicted molar refractivity (Wildman–Crippen MR) is 224 cm³/mol. The second kappa shape index (κ2) is 14.5. The Morgan fingerprint density at radius 1 is 0.661 bits per heavy atom. The van der Waals surface area contributed by atoms with E-state index in [4.69, 9.17) is 9.72 Å². The first-order chi connectivity index (χ1) is 26.0. The topological polar surface area (TPSA) is 33.5 Å². The van der Waals surface area contributed by atoms with E-state index in [0.717, 1.165) is 56.8 Å². The van der Waals surface area contributed by atoms with Gasteiger partial charge in [0.15, 0.2) is 0 Å². The maximum absolute atomic E-state index is 14.6. The van der Waals surface area contributed by atoms with Crippen LogP contribution in [0.2, 0.25) is 0 Å². The average Bonchev–Trinajstić information content (AvgIpc) is 3.65. The molecule has 0 saturated heterocycles. The zero-order valence-electron chi connectivity index (χ0n) is 33.6. The van der Waals surface area contributed by atoms with Crippen molar-refractivity contribution in [1.29, 1.82) is 0 Å². The minimum atomic E-state index is -0.290. The minimum Gasteiger partial charge on any atom is -0.509 e. The Morgan fingerprint density at radius 3 is 2.04 bits per heavy atom. The second-order valence-corrected chi connectivity index (χ2v) is 17.8. The van der Waals surface area contributed by atoms with Crippen molar-refractivity contribution in [2.75, 3.05) is 9.80 Å². The Morgan fingerprint density at radius 2 is 1.34 bits per heavy atom. The van der Waals surface area contributed by atoms with Gasteiger partial charge in [0.25, 0.3) is 0 Å². The molecule has 1 aliphatic rings. The number of halogens is 1. The fraction of sp³-hybridized carbons (Fsp3) is 0.265. The van der Waals surface area contributed by atoms with Crippen LogP contribution < -0.4 is 14.5 Å². The van der Waals surface area contributed by atoms with Gasteiger partial charge in [0.1, 0.15) is 11.6 Å². The molecule has 0 saturated carbocycles. The van der Waals surface area contributed by atoms with Crippen LogP contribution in [0.5, 0.6) is 11.5 Å². The summed E-state index contributed by atoms with van der Waals surface area (Å²) >= 11 is 0. The maximum atomic E-state index is 14.6. The molecular weight excluding hydrogens is 875 g/mol. The molecule has 0 aliphatic carbocycles. The van der Waals surface area contributed by atoms with Crippen molar-refractivity contribution in [2.24, 2.45) is 0 Å². The smallest absolute Gasteiger partial charge is 0.135 e. The number of fused-ring (bicyclic) bond motifs is 4. The molecule has 0 radical (unpaired) electrons. The third-order valence-corrected chi connectivity index (χ3v) is 10.5. The number of para-hydroxylation sites is 2. The number of hydrogen-bond donors (Lipinski definition) is 0. The molecule has 8 rings (SSSR count). The average molecular weight is 923 g/mol. The molecule has 3 heterocycles. The Labute approximate surface area is 345 Å². The Bertz CT molecular complexity index is 2540. The van der Waals surface area contributed by atoms with Gasteiger partial charge in [-0.1, -0.05) is 98.2 Å². The van der Waals surface area contributed by atoms with Crippen molar-refractivity contribution >= 4 is 38.9 Å². The summed E-state index contributed by atoms with van der Waals surface area (Å²) in [6.07, 6.45) is 1.83. The number of benzene rings is 5. The molecule has 1 aliphatic heterocycles. The molecule has 0 fully saturated rings. The van der Waals surface area contributed by atoms with E-state index in [0.29, 0.717) is 11.5 Å². The quantitative estimate of drug-likeness (QED) is 0.156. The number of nitrogens with zero attached hydrogens (tertiary/aromatic N) is 4. The monoisotopic (exact) mass is 922 g/mol. The van der Waals surface area contributed by atoms with Gasteiger partial charge in [-0.25, -0.2) is 9.37 Å². The first-order valence-corrected chi connectivity index (χ1v) is 19.0. The summed E-state index contributed by atoms with van der Waals surface area (Å²) in [6.45, 7) is 23.1. The molecule has 0 amide bonds. The summed E-state index contributed by atoms with van der Waals surface area (Å²) in [5.74, 6) is 1.54. The van der Waals surface area contributed by atoms with E-state index in [2.05, 4.69) is 146 Å². The zero-order valence-corrected chi connectivity index (χ0v) is 35.8. The maximum Gasteiger partial charge on any atom is 0.135 e. The van der Waals surface area contributed by atoms with E-state index in [9.17, 15) is 4.39 Å². The van der Waals surface area contributed by atoms with Crippen LogP contribution in [0.4, 0.5) is 21.5 Å². The summed E-state index contributed by atoms with van der Waals surface area (Å²) in [6, 6.07) is 41.4. The molecule has 0 N–H and O–H groups in total. The number of ether oxygens (including phenoxy) is 1. The predicted octanol–water partition coefficient (Wildman–Crippen LogP) is 12.9. The summed E-state index contributed by atoms with van der Waals surface area (Å²) in [5, 5.41) is 1.66. The fourth-order valence-electron chi connectivity index (χ4n) is 7.29. The number of anilines is 3. The SMILES string of the molecule is CC(C)(C)c1cc(CN2[CH-]N(c3[c-]c(Oc4[c-]c5c(cc4)c4cc(F)ccc4n5-c4cc(C(C)(C)C)ccn4)ccc3)c3ccccc32)cc(C(C)(C)C)c1.[Pt]. The van der Waals surface area contributed by atoms with Gasteiger partial charge in [0.05, 0.1) is 0 Å². The van der Waals surface area contributed by atoms with Gasteiger partial charge >= 0.3 is 0 Å². The standard InChI is InChI=1S/C49H48FN4O.Pt/c1-47(2,3)33-21-22-51-46(26-33)54-42-20-17-36(50)27-41(42)40-19-18-39(29-45(40)54)55-38-14-12-13-37(28-38)53-31-52(43-15-10-11-16-44(43)53)30-32-23-34(48(4,5)6)25-35(24-32)49(7,8)9;/h10-27,31H,30H2,1-9H3;/q-3;. The first-order valence-electron chi connectivity index (χ1n) is 19.0. The third-order valence-electron chi connectivity index (χ3n) is 10.5. The van der Waals surface area contributed by atoms with Crippen molar-refractivity contribution in [2.45, 2.75) is 85.1 Å². The molecule has 0 bridgehead atoms. The largest absolute Gasteiger partial charge is 0.509 e. The van der Waals surface area contributed by atoms with E-state index >= 15 is 0 Å². The molecule has 290 valence electrons. The van der Waals surface area contributed by atoms with Crippen LogP contribution in [0.3, 0.4) is 0 Å². The number of hydrogen-bond acceptors (Lipinski definition) is 4. The normalized spacial score (nSPS) is 13.3. The zero-order chi connectivity index (χ0) is 38.9. The minimum absolute atomic E-state index is 0. The fourth-order valence-corrected chi connectivity index (χ4v) is 7.29. The van der Waals surface area contributed by atoms with Gasteiger partial charge in [-0.05, 0) is 86.3 Å². The van der Waals surface area contributed by atoms with Crippen molar-refractivity contribution < 1.29 is 30.2 Å². The molecule has 0 spiro atoms. The number of pyridine rings is 1. The van der Waals surface area contributed by atoms with E-state index in [1.807, 2.05) is 41.1 Å². The molecule has 0 atom stereocenters. The summed E-state index contributed by atoms with van der Waals surface area (Å²) in [4.78, 5) is 9.25. The van der Waals surface area contributed by atoms with E-state index in [1.165, 1.54) is 22.8 Å². The number of aromatic nitrogens is 2. The Kier molecular flexibility index (Phi) is 10.2. The van der Waals surface area contributed by atoms with Crippen LogP contribution >= 0.6 is 0 Å². The first kappa shape index (κ1) is 39.3. The molecular formula is C49H48FN4OPt-3. The van der Waals surface area contributed by atoms with Gasteiger partial charge < -0.3 is 19.1 Å². The molecule has 5 aromatic carbocycles. The van der Waals surface area contributed by atoms with Gasteiger partial charge in [-0.15, -0.1) is 41.4 Å². The van der Waals surface area contributed by atoms with Crippen LogP contribution in [0, 0.1) is 24.6 Å². The van der Waals surface area contributed by atoms with Gasteiger partial charge in [0.2, 0.25) is 0 Å². The third kappa shape index (κ3) is 7.61. The van der Waals surface area contributed by atoms with Crippen LogP contribution in [0.25, 0.3) is 27.6 Å². The summed E-state index contributed by atoms with van der Waals surface area (Å²) in [5.41, 5.74) is 9.80. The Hall–Kier alpha value is -4.93. The molecule has 7 aromatic rings.